The molecule has 0 aromatic heterocycles. The molecule has 0 atom stereocenters. The van der Waals surface area contributed by atoms with Gasteiger partial charge in [-0.2, -0.15) is 0 Å². The summed E-state index contributed by atoms with van der Waals surface area (Å²) in [5.41, 5.74) is 5.70. The van der Waals surface area contributed by atoms with E-state index in [0.29, 0.717) is 12.1 Å². The van der Waals surface area contributed by atoms with Gasteiger partial charge in [-0.3, -0.25) is 0 Å². The summed E-state index contributed by atoms with van der Waals surface area (Å²) >= 11 is 0. The van der Waals surface area contributed by atoms with Gasteiger partial charge in [0.15, 0.2) is 0 Å². The zero-order chi connectivity index (χ0) is 19.2. The van der Waals surface area contributed by atoms with Crippen molar-refractivity contribution in [3.05, 3.63) is 78.9 Å². The maximum absolute atomic E-state index is 3.45. The second-order valence-electron chi connectivity index (χ2n) is 7.36. The van der Waals surface area contributed by atoms with Crippen molar-refractivity contribution in [2.45, 2.75) is 39.8 Å². The van der Waals surface area contributed by atoms with E-state index in [2.05, 4.69) is 116 Å². The molecule has 0 amide bonds. The number of benzene rings is 3. The van der Waals surface area contributed by atoms with Gasteiger partial charge < -0.3 is 15.5 Å². The molecule has 0 saturated heterocycles. The highest BCUT2D eigenvalue weighted by Crippen LogP contribution is 2.35. The fourth-order valence-electron chi connectivity index (χ4n) is 3.10. The Morgan fingerprint density at radius 1 is 0.519 bits per heavy atom. The Hall–Kier alpha value is -2.94. The fraction of sp³-hybridized carbons (Fsp3) is 0.250. The second kappa shape index (κ2) is 8.63. The molecule has 0 heterocycles. The minimum Gasteiger partial charge on any atom is -0.383 e. The van der Waals surface area contributed by atoms with Gasteiger partial charge in [0.05, 0.1) is 0 Å². The maximum Gasteiger partial charge on any atom is 0.0463 e. The molecule has 2 N–H and O–H groups in total. The molecule has 0 spiro atoms. The number of hydrogen-bond acceptors (Lipinski definition) is 3. The molecule has 0 saturated carbocycles. The van der Waals surface area contributed by atoms with Crippen LogP contribution in [0.15, 0.2) is 78.9 Å². The van der Waals surface area contributed by atoms with Crippen LogP contribution in [0, 0.1) is 0 Å². The summed E-state index contributed by atoms with van der Waals surface area (Å²) in [4.78, 5) is 2.28. The van der Waals surface area contributed by atoms with Crippen LogP contribution in [0.5, 0.6) is 0 Å². The van der Waals surface area contributed by atoms with E-state index in [1.807, 2.05) is 6.07 Å². The Morgan fingerprint density at radius 2 is 0.889 bits per heavy atom. The molecule has 3 rings (SSSR count). The van der Waals surface area contributed by atoms with Crippen molar-refractivity contribution in [2.24, 2.45) is 0 Å². The molecular weight excluding hydrogens is 330 g/mol. The summed E-state index contributed by atoms with van der Waals surface area (Å²) in [6, 6.07) is 28.5. The summed E-state index contributed by atoms with van der Waals surface area (Å²) in [6.45, 7) is 8.60. The molecule has 0 bridgehead atoms. The molecule has 27 heavy (non-hydrogen) atoms. The maximum atomic E-state index is 3.45. The van der Waals surface area contributed by atoms with E-state index >= 15 is 0 Å². The highest BCUT2D eigenvalue weighted by molar-refractivity contribution is 5.78. The summed E-state index contributed by atoms with van der Waals surface area (Å²) in [5.74, 6) is 0. The SMILES string of the molecule is CC(C)Nc1ccc(N(c2ccccc2)c2ccc(NC(C)C)cc2)cc1. The lowest BCUT2D eigenvalue weighted by Crippen LogP contribution is -2.12. The minimum absolute atomic E-state index is 0.419. The van der Waals surface area contributed by atoms with Gasteiger partial charge in [-0.1, -0.05) is 18.2 Å². The Morgan fingerprint density at radius 3 is 1.26 bits per heavy atom. The zero-order valence-corrected chi connectivity index (χ0v) is 16.6. The van der Waals surface area contributed by atoms with Crippen LogP contribution in [0.3, 0.4) is 0 Å². The molecule has 140 valence electrons. The van der Waals surface area contributed by atoms with Crippen molar-refractivity contribution in [2.75, 3.05) is 15.5 Å². The number of nitrogens with one attached hydrogen (secondary N) is 2. The first-order chi connectivity index (χ1) is 13.0. The monoisotopic (exact) mass is 359 g/mol. The van der Waals surface area contributed by atoms with E-state index in [9.17, 15) is 0 Å². The molecule has 0 aliphatic heterocycles. The van der Waals surface area contributed by atoms with Gasteiger partial charge in [0.25, 0.3) is 0 Å². The topological polar surface area (TPSA) is 27.3 Å². The zero-order valence-electron chi connectivity index (χ0n) is 16.6. The fourth-order valence-corrected chi connectivity index (χ4v) is 3.10. The number of para-hydroxylation sites is 1. The molecule has 3 nitrogen and oxygen atoms in total. The lowest BCUT2D eigenvalue weighted by atomic mass is 10.1. The van der Waals surface area contributed by atoms with E-state index in [1.165, 1.54) is 0 Å². The van der Waals surface area contributed by atoms with Gasteiger partial charge in [0.1, 0.15) is 0 Å². The Labute approximate surface area is 163 Å². The number of nitrogens with zero attached hydrogens (tertiary/aromatic N) is 1. The minimum atomic E-state index is 0.419. The number of anilines is 5. The molecule has 3 aromatic rings. The molecule has 0 aliphatic carbocycles. The first-order valence-corrected chi connectivity index (χ1v) is 9.61. The summed E-state index contributed by atoms with van der Waals surface area (Å²) in [7, 11) is 0. The van der Waals surface area contributed by atoms with Crippen LogP contribution >= 0.6 is 0 Å². The summed E-state index contributed by atoms with van der Waals surface area (Å²) in [6.07, 6.45) is 0. The van der Waals surface area contributed by atoms with E-state index in [4.69, 9.17) is 0 Å². The lowest BCUT2D eigenvalue weighted by Gasteiger charge is -2.26. The van der Waals surface area contributed by atoms with Crippen molar-refractivity contribution in [1.29, 1.82) is 0 Å². The first-order valence-electron chi connectivity index (χ1n) is 9.61. The smallest absolute Gasteiger partial charge is 0.0463 e. The highest BCUT2D eigenvalue weighted by atomic mass is 15.1. The van der Waals surface area contributed by atoms with Crippen LogP contribution in [0.4, 0.5) is 28.4 Å². The third-order valence-corrected chi connectivity index (χ3v) is 4.18. The molecule has 0 fully saturated rings. The third-order valence-electron chi connectivity index (χ3n) is 4.18. The van der Waals surface area contributed by atoms with Crippen molar-refractivity contribution in [1.82, 2.24) is 0 Å². The van der Waals surface area contributed by atoms with Gasteiger partial charge in [-0.25, -0.2) is 0 Å². The van der Waals surface area contributed by atoms with Crippen molar-refractivity contribution >= 4 is 28.4 Å². The van der Waals surface area contributed by atoms with E-state index in [-0.39, 0.29) is 0 Å². The van der Waals surface area contributed by atoms with E-state index < -0.39 is 0 Å². The van der Waals surface area contributed by atoms with Crippen molar-refractivity contribution < 1.29 is 0 Å². The van der Waals surface area contributed by atoms with Gasteiger partial charge in [0.2, 0.25) is 0 Å². The summed E-state index contributed by atoms with van der Waals surface area (Å²) in [5, 5.41) is 6.90. The molecule has 0 radical (unpaired) electrons. The van der Waals surface area contributed by atoms with Crippen LogP contribution in [0.25, 0.3) is 0 Å². The number of rotatable bonds is 7. The predicted octanol–water partition coefficient (Wildman–Crippen LogP) is 6.80. The van der Waals surface area contributed by atoms with Crippen LogP contribution in [-0.2, 0) is 0 Å². The van der Waals surface area contributed by atoms with Gasteiger partial charge in [0, 0.05) is 40.5 Å². The van der Waals surface area contributed by atoms with Crippen molar-refractivity contribution in [3.8, 4) is 0 Å². The summed E-state index contributed by atoms with van der Waals surface area (Å²) < 4.78 is 0. The van der Waals surface area contributed by atoms with Gasteiger partial charge >= 0.3 is 0 Å². The Kier molecular flexibility index (Phi) is 6.02. The standard InChI is InChI=1S/C24H29N3/c1-18(2)25-20-10-14-23(15-11-20)27(22-8-6-5-7-9-22)24-16-12-21(13-17-24)26-19(3)4/h5-19,25-26H,1-4H3. The van der Waals surface area contributed by atoms with Crippen molar-refractivity contribution in [3.63, 3.8) is 0 Å². The first kappa shape index (κ1) is 18.8. The average molecular weight is 360 g/mol. The highest BCUT2D eigenvalue weighted by Gasteiger charge is 2.12. The third kappa shape index (κ3) is 5.04. The van der Waals surface area contributed by atoms with Crippen LogP contribution in [0.2, 0.25) is 0 Å². The molecule has 0 unspecified atom stereocenters. The lowest BCUT2D eigenvalue weighted by molar-refractivity contribution is 0.900. The second-order valence-corrected chi connectivity index (χ2v) is 7.36. The normalized spacial score (nSPS) is 10.9. The molecular formula is C24H29N3. The molecule has 3 aromatic carbocycles. The Bertz CT molecular complexity index is 768. The van der Waals surface area contributed by atoms with Gasteiger partial charge in [-0.05, 0) is 88.4 Å². The molecule has 3 heteroatoms. The quantitative estimate of drug-likeness (QED) is 0.486. The average Bonchev–Trinajstić information content (AvgIpc) is 2.65. The van der Waals surface area contributed by atoms with E-state index in [1.54, 1.807) is 0 Å². The number of hydrogen-bond donors (Lipinski definition) is 2. The van der Waals surface area contributed by atoms with Crippen LogP contribution in [-0.4, -0.2) is 12.1 Å². The Balaban J connectivity index is 1.94. The van der Waals surface area contributed by atoms with E-state index in [0.717, 1.165) is 28.4 Å². The van der Waals surface area contributed by atoms with Crippen LogP contribution < -0.4 is 15.5 Å². The van der Waals surface area contributed by atoms with Gasteiger partial charge in [-0.15, -0.1) is 0 Å². The van der Waals surface area contributed by atoms with Crippen LogP contribution in [0.1, 0.15) is 27.7 Å². The predicted molar refractivity (Wildman–Crippen MR) is 119 cm³/mol. The molecule has 0 aliphatic rings. The largest absolute Gasteiger partial charge is 0.383 e.